The van der Waals surface area contributed by atoms with Gasteiger partial charge in [-0.1, -0.05) is 0 Å². The van der Waals surface area contributed by atoms with Gasteiger partial charge in [0.05, 0.1) is 6.61 Å². The summed E-state index contributed by atoms with van der Waals surface area (Å²) in [7, 11) is 1.71. The van der Waals surface area contributed by atoms with E-state index in [-0.39, 0.29) is 5.60 Å². The molecule has 1 rings (SSSR count). The van der Waals surface area contributed by atoms with E-state index in [9.17, 15) is 0 Å². The van der Waals surface area contributed by atoms with Crippen molar-refractivity contribution in [3.8, 4) is 0 Å². The molecule has 0 aromatic carbocycles. The van der Waals surface area contributed by atoms with Crippen LogP contribution in [-0.2, 0) is 9.47 Å². The van der Waals surface area contributed by atoms with Crippen LogP contribution >= 0.6 is 12.6 Å². The standard InChI is InChI=1S/C8H16O2S/c1-9-6-8(7-11)4-2-3-5-10-8/h11H,2-7H2,1H3. The molecular formula is C8H16O2S. The Morgan fingerprint density at radius 2 is 2.36 bits per heavy atom. The lowest BCUT2D eigenvalue weighted by Crippen LogP contribution is -2.42. The number of thiol groups is 1. The molecule has 1 aliphatic rings. The predicted octanol–water partition coefficient (Wildman–Crippen LogP) is 1.50. The van der Waals surface area contributed by atoms with Gasteiger partial charge in [-0.3, -0.25) is 0 Å². The highest BCUT2D eigenvalue weighted by molar-refractivity contribution is 7.80. The highest BCUT2D eigenvalue weighted by atomic mass is 32.1. The quantitative estimate of drug-likeness (QED) is 0.657. The van der Waals surface area contributed by atoms with E-state index in [0.29, 0.717) is 6.61 Å². The first-order chi connectivity index (χ1) is 5.33. The van der Waals surface area contributed by atoms with Gasteiger partial charge in [-0.05, 0) is 19.3 Å². The Labute approximate surface area is 73.7 Å². The highest BCUT2D eigenvalue weighted by Crippen LogP contribution is 2.26. The minimum Gasteiger partial charge on any atom is -0.382 e. The van der Waals surface area contributed by atoms with Gasteiger partial charge in [-0.25, -0.2) is 0 Å². The minimum atomic E-state index is -0.0872. The lowest BCUT2D eigenvalue weighted by atomic mass is 9.97. The van der Waals surface area contributed by atoms with Crippen LogP contribution in [0.15, 0.2) is 0 Å². The lowest BCUT2D eigenvalue weighted by molar-refractivity contribution is -0.0994. The molecule has 1 fully saturated rings. The zero-order chi connectivity index (χ0) is 8.16. The Balaban J connectivity index is 2.42. The second-order valence-corrected chi connectivity index (χ2v) is 3.40. The van der Waals surface area contributed by atoms with Gasteiger partial charge in [0, 0.05) is 19.5 Å². The van der Waals surface area contributed by atoms with Crippen LogP contribution in [-0.4, -0.2) is 31.7 Å². The third-order valence-corrected chi connectivity index (χ3v) is 2.71. The second kappa shape index (κ2) is 4.33. The average molecular weight is 176 g/mol. The van der Waals surface area contributed by atoms with Gasteiger partial charge in [-0.15, -0.1) is 0 Å². The van der Waals surface area contributed by atoms with Gasteiger partial charge < -0.3 is 9.47 Å². The van der Waals surface area contributed by atoms with Crippen molar-refractivity contribution in [3.63, 3.8) is 0 Å². The van der Waals surface area contributed by atoms with Crippen molar-refractivity contribution in [1.29, 1.82) is 0 Å². The predicted molar refractivity (Wildman–Crippen MR) is 48.3 cm³/mol. The average Bonchev–Trinajstić information content (AvgIpc) is 2.07. The molecule has 11 heavy (non-hydrogen) atoms. The van der Waals surface area contributed by atoms with Crippen molar-refractivity contribution < 1.29 is 9.47 Å². The smallest absolute Gasteiger partial charge is 0.100 e. The normalized spacial score (nSPS) is 32.2. The van der Waals surface area contributed by atoms with E-state index in [0.717, 1.165) is 18.8 Å². The van der Waals surface area contributed by atoms with E-state index < -0.39 is 0 Å². The molecule has 1 aliphatic heterocycles. The number of methoxy groups -OCH3 is 1. The molecule has 1 heterocycles. The van der Waals surface area contributed by atoms with Gasteiger partial charge in [0.1, 0.15) is 5.60 Å². The molecule has 0 spiro atoms. The molecule has 66 valence electrons. The van der Waals surface area contributed by atoms with Crippen molar-refractivity contribution in [2.45, 2.75) is 24.9 Å². The monoisotopic (exact) mass is 176 g/mol. The Morgan fingerprint density at radius 1 is 1.55 bits per heavy atom. The first-order valence-corrected chi connectivity index (χ1v) is 4.70. The highest BCUT2D eigenvalue weighted by Gasteiger charge is 2.31. The van der Waals surface area contributed by atoms with E-state index in [1.165, 1.54) is 12.8 Å². The fourth-order valence-electron chi connectivity index (χ4n) is 1.46. The first kappa shape index (κ1) is 9.36. The Hall–Kier alpha value is 0.270. The molecule has 0 aliphatic carbocycles. The molecular weight excluding hydrogens is 160 g/mol. The fraction of sp³-hybridized carbons (Fsp3) is 1.00. The third-order valence-electron chi connectivity index (χ3n) is 2.13. The zero-order valence-electron chi connectivity index (χ0n) is 7.01. The summed E-state index contributed by atoms with van der Waals surface area (Å²) in [5, 5.41) is 0. The molecule has 0 radical (unpaired) electrons. The fourth-order valence-corrected chi connectivity index (χ4v) is 1.80. The molecule has 0 aromatic rings. The molecule has 2 nitrogen and oxygen atoms in total. The third kappa shape index (κ3) is 2.36. The lowest BCUT2D eigenvalue weighted by Gasteiger charge is -2.35. The first-order valence-electron chi connectivity index (χ1n) is 4.07. The number of hydrogen-bond acceptors (Lipinski definition) is 3. The summed E-state index contributed by atoms with van der Waals surface area (Å²) < 4.78 is 10.8. The molecule has 0 aromatic heterocycles. The van der Waals surface area contributed by atoms with E-state index in [4.69, 9.17) is 9.47 Å². The van der Waals surface area contributed by atoms with Crippen LogP contribution in [0.25, 0.3) is 0 Å². The maximum atomic E-state index is 5.65. The summed E-state index contributed by atoms with van der Waals surface area (Å²) in [6, 6.07) is 0. The SMILES string of the molecule is COCC1(CS)CCCCO1. The Morgan fingerprint density at radius 3 is 2.82 bits per heavy atom. The van der Waals surface area contributed by atoms with E-state index in [2.05, 4.69) is 12.6 Å². The van der Waals surface area contributed by atoms with Gasteiger partial charge in [0.2, 0.25) is 0 Å². The summed E-state index contributed by atoms with van der Waals surface area (Å²) in [4.78, 5) is 0. The number of hydrogen-bond donors (Lipinski definition) is 1. The van der Waals surface area contributed by atoms with Gasteiger partial charge in [0.15, 0.2) is 0 Å². The molecule has 1 atom stereocenters. The van der Waals surface area contributed by atoms with E-state index in [1.807, 2.05) is 0 Å². The van der Waals surface area contributed by atoms with Crippen molar-refractivity contribution in [3.05, 3.63) is 0 Å². The topological polar surface area (TPSA) is 18.5 Å². The van der Waals surface area contributed by atoms with E-state index >= 15 is 0 Å². The van der Waals surface area contributed by atoms with Crippen molar-refractivity contribution in [2.24, 2.45) is 0 Å². The molecule has 0 saturated carbocycles. The molecule has 1 saturated heterocycles. The molecule has 0 N–H and O–H groups in total. The van der Waals surface area contributed by atoms with Crippen LogP contribution in [0.3, 0.4) is 0 Å². The summed E-state index contributed by atoms with van der Waals surface area (Å²) >= 11 is 4.28. The summed E-state index contributed by atoms with van der Waals surface area (Å²) in [5.74, 6) is 0.765. The Kier molecular flexibility index (Phi) is 3.69. The van der Waals surface area contributed by atoms with Gasteiger partial charge >= 0.3 is 0 Å². The molecule has 0 bridgehead atoms. The maximum absolute atomic E-state index is 5.65. The van der Waals surface area contributed by atoms with Crippen LogP contribution in [0.1, 0.15) is 19.3 Å². The van der Waals surface area contributed by atoms with Crippen LogP contribution in [0.2, 0.25) is 0 Å². The number of ether oxygens (including phenoxy) is 2. The largest absolute Gasteiger partial charge is 0.382 e. The maximum Gasteiger partial charge on any atom is 0.100 e. The molecule has 3 heteroatoms. The molecule has 0 amide bonds. The number of rotatable bonds is 3. The van der Waals surface area contributed by atoms with Crippen molar-refractivity contribution in [2.75, 3.05) is 26.1 Å². The van der Waals surface area contributed by atoms with Crippen molar-refractivity contribution >= 4 is 12.6 Å². The Bertz CT molecular complexity index is 105. The van der Waals surface area contributed by atoms with E-state index in [1.54, 1.807) is 7.11 Å². The second-order valence-electron chi connectivity index (χ2n) is 3.08. The molecule has 1 unspecified atom stereocenters. The van der Waals surface area contributed by atoms with Crippen LogP contribution in [0.5, 0.6) is 0 Å². The summed E-state index contributed by atoms with van der Waals surface area (Å²) in [6.45, 7) is 1.54. The van der Waals surface area contributed by atoms with Crippen LogP contribution in [0, 0.1) is 0 Å². The van der Waals surface area contributed by atoms with Gasteiger partial charge in [0.25, 0.3) is 0 Å². The van der Waals surface area contributed by atoms with Crippen molar-refractivity contribution in [1.82, 2.24) is 0 Å². The van der Waals surface area contributed by atoms with Crippen LogP contribution in [0.4, 0.5) is 0 Å². The van der Waals surface area contributed by atoms with Gasteiger partial charge in [-0.2, -0.15) is 12.6 Å². The summed E-state index contributed by atoms with van der Waals surface area (Å²) in [5.41, 5.74) is -0.0872. The zero-order valence-corrected chi connectivity index (χ0v) is 7.90. The van der Waals surface area contributed by atoms with Crippen LogP contribution < -0.4 is 0 Å². The summed E-state index contributed by atoms with van der Waals surface area (Å²) in [6.07, 6.45) is 3.51. The minimum absolute atomic E-state index is 0.0872.